The first-order chi connectivity index (χ1) is 9.70. The monoisotopic (exact) mass is 278 g/mol. The molecule has 5 heteroatoms. The molecule has 0 aliphatic carbocycles. The van der Waals surface area contributed by atoms with Crippen molar-refractivity contribution in [2.75, 3.05) is 26.2 Å². The van der Waals surface area contributed by atoms with Crippen LogP contribution in [0.5, 0.6) is 0 Å². The number of benzene rings is 1. The van der Waals surface area contributed by atoms with Crippen molar-refractivity contribution in [2.45, 2.75) is 12.5 Å². The Bertz CT molecular complexity index is 508. The van der Waals surface area contributed by atoms with Gasteiger partial charge >= 0.3 is 0 Å². The van der Waals surface area contributed by atoms with Crippen LogP contribution < -0.4 is 5.32 Å². The van der Waals surface area contributed by atoms with Gasteiger partial charge in [0.15, 0.2) is 0 Å². The van der Waals surface area contributed by atoms with E-state index < -0.39 is 0 Å². The van der Waals surface area contributed by atoms with Crippen LogP contribution in [0.25, 0.3) is 0 Å². The molecule has 2 aliphatic rings. The minimum atomic E-state index is -0.272. The van der Waals surface area contributed by atoms with E-state index >= 15 is 0 Å². The fourth-order valence-electron chi connectivity index (χ4n) is 3.53. The molecule has 0 spiro atoms. The Hall–Kier alpha value is -1.46. The summed E-state index contributed by atoms with van der Waals surface area (Å²) in [6.45, 7) is 2.31. The van der Waals surface area contributed by atoms with Crippen molar-refractivity contribution in [1.29, 1.82) is 0 Å². The maximum absolute atomic E-state index is 13.5. The number of carbonyl (C=O) groups excluding carboxylic acids is 1. The predicted octanol–water partition coefficient (Wildman–Crippen LogP) is 0.927. The number of halogens is 1. The zero-order chi connectivity index (χ0) is 14.1. The van der Waals surface area contributed by atoms with Gasteiger partial charge in [0.05, 0.1) is 12.6 Å². The van der Waals surface area contributed by atoms with Crippen LogP contribution in [0.1, 0.15) is 18.0 Å². The third-order valence-electron chi connectivity index (χ3n) is 4.40. The maximum atomic E-state index is 13.5. The quantitative estimate of drug-likeness (QED) is 0.865. The number of nitrogens with one attached hydrogen (secondary N) is 1. The van der Waals surface area contributed by atoms with E-state index in [2.05, 4.69) is 5.32 Å². The Kier molecular flexibility index (Phi) is 3.72. The van der Waals surface area contributed by atoms with Gasteiger partial charge in [0.2, 0.25) is 5.91 Å². The summed E-state index contributed by atoms with van der Waals surface area (Å²) in [6, 6.07) is 6.43. The molecule has 1 amide bonds. The van der Waals surface area contributed by atoms with Gasteiger partial charge in [0.25, 0.3) is 0 Å². The molecule has 3 atom stereocenters. The van der Waals surface area contributed by atoms with Gasteiger partial charge in [0, 0.05) is 32.0 Å². The van der Waals surface area contributed by atoms with E-state index in [4.69, 9.17) is 5.11 Å². The minimum Gasteiger partial charge on any atom is -0.396 e. The number of aliphatic hydroxyl groups is 1. The topological polar surface area (TPSA) is 52.6 Å². The number of likely N-dealkylation sites (tertiary alicyclic amines) is 1. The Morgan fingerprint density at radius 1 is 1.45 bits per heavy atom. The third kappa shape index (κ3) is 2.31. The number of amides is 1. The van der Waals surface area contributed by atoms with E-state index in [1.54, 1.807) is 6.07 Å². The summed E-state index contributed by atoms with van der Waals surface area (Å²) >= 11 is 0. The van der Waals surface area contributed by atoms with Gasteiger partial charge in [-0.05, 0) is 23.6 Å². The Labute approximate surface area is 117 Å². The molecule has 108 valence electrons. The van der Waals surface area contributed by atoms with Crippen LogP contribution in [0.4, 0.5) is 4.39 Å². The molecule has 0 saturated carbocycles. The lowest BCUT2D eigenvalue weighted by Gasteiger charge is -2.28. The van der Waals surface area contributed by atoms with Crippen LogP contribution in [0, 0.1) is 17.7 Å². The van der Waals surface area contributed by atoms with E-state index in [1.807, 2.05) is 11.0 Å². The van der Waals surface area contributed by atoms with Gasteiger partial charge in [-0.2, -0.15) is 0 Å². The van der Waals surface area contributed by atoms with E-state index in [-0.39, 0.29) is 30.8 Å². The summed E-state index contributed by atoms with van der Waals surface area (Å²) in [5.74, 6) is 0.438. The van der Waals surface area contributed by atoms with Crippen molar-refractivity contribution < 1.29 is 14.3 Å². The molecule has 2 heterocycles. The third-order valence-corrected chi connectivity index (χ3v) is 4.40. The highest BCUT2D eigenvalue weighted by atomic mass is 19.1. The first-order valence-electron chi connectivity index (χ1n) is 7.07. The largest absolute Gasteiger partial charge is 0.396 e. The van der Waals surface area contributed by atoms with Crippen LogP contribution in [-0.2, 0) is 4.79 Å². The molecule has 20 heavy (non-hydrogen) atoms. The molecule has 1 aromatic rings. The predicted molar refractivity (Wildman–Crippen MR) is 72.4 cm³/mol. The molecular formula is C15H19FN2O2. The average Bonchev–Trinajstić information content (AvgIpc) is 2.98. The van der Waals surface area contributed by atoms with E-state index in [0.717, 1.165) is 18.7 Å². The zero-order valence-electron chi connectivity index (χ0n) is 11.3. The summed E-state index contributed by atoms with van der Waals surface area (Å²) < 4.78 is 13.5. The Balaban J connectivity index is 1.92. The van der Waals surface area contributed by atoms with Crippen LogP contribution in [0.15, 0.2) is 24.3 Å². The number of aliphatic hydroxyl groups excluding tert-OH is 1. The second-order valence-electron chi connectivity index (χ2n) is 5.60. The highest BCUT2D eigenvalue weighted by Gasteiger charge is 2.46. The molecule has 3 rings (SSSR count). The normalized spacial score (nSPS) is 28.7. The Morgan fingerprint density at radius 3 is 3.05 bits per heavy atom. The van der Waals surface area contributed by atoms with Crippen molar-refractivity contribution in [3.05, 3.63) is 35.6 Å². The molecule has 2 saturated heterocycles. The molecule has 2 fully saturated rings. The molecule has 0 unspecified atom stereocenters. The van der Waals surface area contributed by atoms with Gasteiger partial charge < -0.3 is 15.3 Å². The second kappa shape index (κ2) is 5.50. The highest BCUT2D eigenvalue weighted by Crippen LogP contribution is 2.42. The molecule has 2 N–H and O–H groups in total. The number of rotatable bonds is 3. The summed E-state index contributed by atoms with van der Waals surface area (Å²) in [5.41, 5.74) is 0.854. The number of nitrogens with zero attached hydrogens (tertiary/aromatic N) is 1. The fourth-order valence-corrected chi connectivity index (χ4v) is 3.53. The van der Waals surface area contributed by atoms with Gasteiger partial charge in [-0.1, -0.05) is 12.1 Å². The molecular weight excluding hydrogens is 259 g/mol. The number of hydrogen-bond acceptors (Lipinski definition) is 3. The second-order valence-corrected chi connectivity index (χ2v) is 5.60. The van der Waals surface area contributed by atoms with Crippen molar-refractivity contribution >= 4 is 5.91 Å². The molecule has 1 aromatic carbocycles. The molecule has 2 aliphatic heterocycles. The van der Waals surface area contributed by atoms with Crippen LogP contribution in [0.2, 0.25) is 0 Å². The van der Waals surface area contributed by atoms with E-state index in [0.29, 0.717) is 18.4 Å². The first-order valence-corrected chi connectivity index (χ1v) is 7.07. The van der Waals surface area contributed by atoms with E-state index in [1.165, 1.54) is 12.1 Å². The standard InChI is InChI=1S/C15H19FN2O2/c16-12-3-1-2-10(6-12)15-13-8-17-7-11(13)9-18(15)14(20)4-5-19/h1-3,6,11,13,15,17,19H,4-5,7-9H2/t11-,13-,15-/m0/s1. The Morgan fingerprint density at radius 2 is 2.30 bits per heavy atom. The summed E-state index contributed by atoms with van der Waals surface area (Å²) in [4.78, 5) is 14.0. The molecule has 0 aromatic heterocycles. The van der Waals surface area contributed by atoms with Crippen molar-refractivity contribution in [3.63, 3.8) is 0 Å². The fraction of sp³-hybridized carbons (Fsp3) is 0.533. The zero-order valence-corrected chi connectivity index (χ0v) is 11.3. The average molecular weight is 278 g/mol. The smallest absolute Gasteiger partial charge is 0.225 e. The van der Waals surface area contributed by atoms with E-state index in [9.17, 15) is 9.18 Å². The number of fused-ring (bicyclic) bond motifs is 1. The summed E-state index contributed by atoms with van der Waals surface area (Å²) in [7, 11) is 0. The van der Waals surface area contributed by atoms with Gasteiger partial charge in [0.1, 0.15) is 5.82 Å². The van der Waals surface area contributed by atoms with Crippen LogP contribution in [0.3, 0.4) is 0 Å². The molecule has 4 nitrogen and oxygen atoms in total. The van der Waals surface area contributed by atoms with Crippen molar-refractivity contribution in [1.82, 2.24) is 10.2 Å². The number of hydrogen-bond donors (Lipinski definition) is 2. The van der Waals surface area contributed by atoms with Crippen molar-refractivity contribution in [3.8, 4) is 0 Å². The van der Waals surface area contributed by atoms with Crippen molar-refractivity contribution in [2.24, 2.45) is 11.8 Å². The summed E-state index contributed by atoms with van der Waals surface area (Å²) in [5, 5.41) is 12.3. The van der Waals surface area contributed by atoms with Gasteiger partial charge in [-0.15, -0.1) is 0 Å². The lowest BCUT2D eigenvalue weighted by molar-refractivity contribution is -0.133. The van der Waals surface area contributed by atoms with Crippen LogP contribution in [-0.4, -0.2) is 42.2 Å². The number of carbonyl (C=O) groups is 1. The molecule has 0 radical (unpaired) electrons. The van der Waals surface area contributed by atoms with Gasteiger partial charge in [-0.25, -0.2) is 4.39 Å². The highest BCUT2D eigenvalue weighted by molar-refractivity contribution is 5.77. The first kappa shape index (κ1) is 13.5. The SMILES string of the molecule is O=C(CCO)N1C[C@@H]2CNC[C@@H]2[C@@H]1c1cccc(F)c1. The minimum absolute atomic E-state index is 0.0452. The lowest BCUT2D eigenvalue weighted by Crippen LogP contribution is -2.35. The molecule has 0 bridgehead atoms. The lowest BCUT2D eigenvalue weighted by atomic mass is 9.89. The van der Waals surface area contributed by atoms with Crippen LogP contribution >= 0.6 is 0 Å². The summed E-state index contributed by atoms with van der Waals surface area (Å²) in [6.07, 6.45) is 0.138. The maximum Gasteiger partial charge on any atom is 0.225 e. The van der Waals surface area contributed by atoms with Gasteiger partial charge in [-0.3, -0.25) is 4.79 Å².